The molecule has 1 aliphatic rings. The Kier molecular flexibility index (Phi) is 4.89. The number of nitrogens with zero attached hydrogens (tertiary/aromatic N) is 1. The van der Waals surface area contributed by atoms with E-state index in [2.05, 4.69) is 0 Å². The molecule has 0 spiro atoms. The van der Waals surface area contributed by atoms with Crippen LogP contribution in [-0.2, 0) is 14.8 Å². The molecule has 0 unspecified atom stereocenters. The minimum atomic E-state index is -3.74. The van der Waals surface area contributed by atoms with E-state index in [0.29, 0.717) is 5.92 Å². The lowest BCUT2D eigenvalue weighted by molar-refractivity contribution is -0.147. The van der Waals surface area contributed by atoms with E-state index < -0.39 is 28.0 Å². The number of aliphatic hydroxyl groups excluding tert-OH is 1. The number of aliphatic carboxylic acids is 1. The van der Waals surface area contributed by atoms with Gasteiger partial charge in [-0.3, -0.25) is 4.79 Å². The fraction of sp³-hybridized carbons (Fsp3) is 0.533. The minimum Gasteiger partial charge on any atom is -0.481 e. The Labute approximate surface area is 130 Å². The molecule has 22 heavy (non-hydrogen) atoms. The molecule has 1 fully saturated rings. The number of piperidine rings is 1. The number of hydrogen-bond acceptors (Lipinski definition) is 4. The first-order valence-electron chi connectivity index (χ1n) is 7.24. The van der Waals surface area contributed by atoms with Gasteiger partial charge < -0.3 is 10.2 Å². The van der Waals surface area contributed by atoms with Gasteiger partial charge in [0.1, 0.15) is 0 Å². The van der Waals surface area contributed by atoms with Gasteiger partial charge in [-0.15, -0.1) is 0 Å². The predicted molar refractivity (Wildman–Crippen MR) is 81.0 cm³/mol. The van der Waals surface area contributed by atoms with Gasteiger partial charge in [0.15, 0.2) is 0 Å². The van der Waals surface area contributed by atoms with Crippen LogP contribution in [0.5, 0.6) is 0 Å². The number of carboxylic acid groups (broad SMARTS) is 1. The molecule has 1 aromatic rings. The second-order valence-electron chi connectivity index (χ2n) is 5.89. The average molecular weight is 327 g/mol. The number of carbonyl (C=O) groups is 1. The Morgan fingerprint density at radius 3 is 2.36 bits per heavy atom. The van der Waals surface area contributed by atoms with Crippen LogP contribution in [0.4, 0.5) is 0 Å². The summed E-state index contributed by atoms with van der Waals surface area (Å²) >= 11 is 0. The summed E-state index contributed by atoms with van der Waals surface area (Å²) in [7, 11) is -3.74. The Balaban J connectivity index is 2.24. The van der Waals surface area contributed by atoms with E-state index in [-0.39, 0.29) is 24.4 Å². The molecule has 0 amide bonds. The lowest BCUT2D eigenvalue weighted by Gasteiger charge is -2.33. The average Bonchev–Trinajstić information content (AvgIpc) is 2.47. The van der Waals surface area contributed by atoms with E-state index in [1.54, 1.807) is 24.3 Å². The van der Waals surface area contributed by atoms with Gasteiger partial charge in [0, 0.05) is 13.1 Å². The summed E-state index contributed by atoms with van der Waals surface area (Å²) in [5.74, 6) is -1.96. The first kappa shape index (κ1) is 16.9. The van der Waals surface area contributed by atoms with Crippen molar-refractivity contribution >= 4 is 16.0 Å². The molecule has 0 bridgehead atoms. The molecular formula is C15H21NO5S. The van der Waals surface area contributed by atoms with Gasteiger partial charge in [0.2, 0.25) is 10.0 Å². The molecule has 1 aliphatic heterocycles. The van der Waals surface area contributed by atoms with E-state index in [4.69, 9.17) is 5.11 Å². The number of carboxylic acids is 1. The third-order valence-electron chi connectivity index (χ3n) is 4.04. The fourth-order valence-electron chi connectivity index (χ4n) is 2.54. The molecule has 2 atom stereocenters. The summed E-state index contributed by atoms with van der Waals surface area (Å²) in [6.07, 6.45) is -0.882. The largest absolute Gasteiger partial charge is 0.481 e. The van der Waals surface area contributed by atoms with Crippen molar-refractivity contribution in [1.29, 1.82) is 0 Å². The van der Waals surface area contributed by atoms with Gasteiger partial charge in [-0.2, -0.15) is 4.31 Å². The first-order valence-corrected chi connectivity index (χ1v) is 8.68. The number of hydrogen-bond donors (Lipinski definition) is 2. The molecule has 122 valence electrons. The molecular weight excluding hydrogens is 306 g/mol. The Hall–Kier alpha value is -1.44. The van der Waals surface area contributed by atoms with Crippen LogP contribution in [-0.4, -0.2) is 48.1 Å². The zero-order valence-electron chi connectivity index (χ0n) is 12.6. The molecule has 0 aromatic heterocycles. The molecule has 1 heterocycles. The molecule has 1 aromatic carbocycles. The van der Waals surface area contributed by atoms with E-state index in [0.717, 1.165) is 9.87 Å². The lowest BCUT2D eigenvalue weighted by atomic mass is 9.96. The highest BCUT2D eigenvalue weighted by Crippen LogP contribution is 2.25. The Bertz CT molecular complexity index is 638. The van der Waals surface area contributed by atoms with Crippen LogP contribution < -0.4 is 0 Å². The topological polar surface area (TPSA) is 94.9 Å². The highest BCUT2D eigenvalue weighted by molar-refractivity contribution is 7.89. The molecule has 1 saturated heterocycles. The van der Waals surface area contributed by atoms with Crippen molar-refractivity contribution < 1.29 is 23.4 Å². The zero-order chi connectivity index (χ0) is 16.5. The van der Waals surface area contributed by atoms with Gasteiger partial charge >= 0.3 is 5.97 Å². The molecule has 2 N–H and O–H groups in total. The van der Waals surface area contributed by atoms with Gasteiger partial charge in [0.05, 0.1) is 16.9 Å². The quantitative estimate of drug-likeness (QED) is 0.868. The summed E-state index contributed by atoms with van der Waals surface area (Å²) in [5, 5.41) is 18.8. The van der Waals surface area contributed by atoms with Gasteiger partial charge in [-0.1, -0.05) is 26.0 Å². The van der Waals surface area contributed by atoms with Crippen molar-refractivity contribution in [2.24, 2.45) is 5.92 Å². The van der Waals surface area contributed by atoms with Crippen LogP contribution in [0.3, 0.4) is 0 Å². The lowest BCUT2D eigenvalue weighted by Crippen LogP contribution is -2.48. The maximum Gasteiger partial charge on any atom is 0.310 e. The normalized spacial score (nSPS) is 23.6. The SMILES string of the molecule is CC(C)c1ccc(S(=O)(=O)N2CC[C@H](O)[C@@H](C(=O)O)C2)cc1. The predicted octanol–water partition coefficient (Wildman–Crippen LogP) is 1.27. The standard InChI is InChI=1S/C15H21NO5S/c1-10(2)11-3-5-12(6-4-11)22(20,21)16-8-7-14(17)13(9-16)15(18)19/h3-6,10,13-14,17H,7-9H2,1-2H3,(H,18,19)/t13-,14-/m0/s1. The van der Waals surface area contributed by atoms with Crippen molar-refractivity contribution in [3.63, 3.8) is 0 Å². The molecule has 0 radical (unpaired) electrons. The molecule has 7 heteroatoms. The van der Waals surface area contributed by atoms with Crippen molar-refractivity contribution in [3.05, 3.63) is 29.8 Å². The maximum absolute atomic E-state index is 12.6. The summed E-state index contributed by atoms with van der Waals surface area (Å²) in [6, 6.07) is 6.63. The van der Waals surface area contributed by atoms with E-state index in [1.807, 2.05) is 13.8 Å². The monoisotopic (exact) mass is 327 g/mol. The fourth-order valence-corrected chi connectivity index (χ4v) is 4.03. The van der Waals surface area contributed by atoms with Crippen molar-refractivity contribution in [2.45, 2.75) is 37.2 Å². The Morgan fingerprint density at radius 1 is 1.27 bits per heavy atom. The second-order valence-corrected chi connectivity index (χ2v) is 7.83. The Morgan fingerprint density at radius 2 is 1.86 bits per heavy atom. The van der Waals surface area contributed by atoms with Crippen LogP contribution in [0.25, 0.3) is 0 Å². The first-order chi connectivity index (χ1) is 10.2. The maximum atomic E-state index is 12.6. The molecule has 0 aliphatic carbocycles. The van der Waals surface area contributed by atoms with E-state index in [1.165, 1.54) is 0 Å². The van der Waals surface area contributed by atoms with Crippen LogP contribution in [0, 0.1) is 5.92 Å². The summed E-state index contributed by atoms with van der Waals surface area (Å²) in [4.78, 5) is 11.3. The van der Waals surface area contributed by atoms with Crippen LogP contribution in [0.1, 0.15) is 31.7 Å². The zero-order valence-corrected chi connectivity index (χ0v) is 13.5. The number of benzene rings is 1. The van der Waals surface area contributed by atoms with Gasteiger partial charge in [-0.25, -0.2) is 8.42 Å². The third kappa shape index (κ3) is 3.31. The molecule has 6 nitrogen and oxygen atoms in total. The van der Waals surface area contributed by atoms with E-state index in [9.17, 15) is 18.3 Å². The summed E-state index contributed by atoms with van der Waals surface area (Å²) in [6.45, 7) is 3.96. The van der Waals surface area contributed by atoms with Crippen LogP contribution in [0.2, 0.25) is 0 Å². The second kappa shape index (κ2) is 6.36. The summed E-state index contributed by atoms with van der Waals surface area (Å²) in [5.41, 5.74) is 1.04. The van der Waals surface area contributed by atoms with Crippen LogP contribution >= 0.6 is 0 Å². The third-order valence-corrected chi connectivity index (χ3v) is 5.92. The highest BCUT2D eigenvalue weighted by atomic mass is 32.2. The van der Waals surface area contributed by atoms with Crippen molar-refractivity contribution in [2.75, 3.05) is 13.1 Å². The highest BCUT2D eigenvalue weighted by Gasteiger charge is 2.38. The van der Waals surface area contributed by atoms with Crippen LogP contribution in [0.15, 0.2) is 29.2 Å². The van der Waals surface area contributed by atoms with Gasteiger partial charge in [-0.05, 0) is 30.0 Å². The van der Waals surface area contributed by atoms with Crippen molar-refractivity contribution in [1.82, 2.24) is 4.31 Å². The van der Waals surface area contributed by atoms with E-state index >= 15 is 0 Å². The number of aliphatic hydroxyl groups is 1. The molecule has 2 rings (SSSR count). The van der Waals surface area contributed by atoms with Crippen molar-refractivity contribution in [3.8, 4) is 0 Å². The van der Waals surface area contributed by atoms with Gasteiger partial charge in [0.25, 0.3) is 0 Å². The number of rotatable bonds is 4. The minimum absolute atomic E-state index is 0.124. The number of sulfonamides is 1. The smallest absolute Gasteiger partial charge is 0.310 e. The molecule has 0 saturated carbocycles. The summed E-state index contributed by atoms with van der Waals surface area (Å²) < 4.78 is 26.3.